The molecule has 0 N–H and O–H groups in total. The number of anilines is 2. The van der Waals surface area contributed by atoms with E-state index in [0.717, 1.165) is 27.9 Å². The monoisotopic (exact) mass is 442 g/mol. The average Bonchev–Trinajstić information content (AvgIpc) is 3.31. The van der Waals surface area contributed by atoms with Gasteiger partial charge in [0.2, 0.25) is 5.91 Å². The van der Waals surface area contributed by atoms with Gasteiger partial charge in [-0.05, 0) is 61.7 Å². The summed E-state index contributed by atoms with van der Waals surface area (Å²) >= 11 is 0. The van der Waals surface area contributed by atoms with Crippen LogP contribution in [0.5, 0.6) is 5.75 Å². The lowest BCUT2D eigenvalue weighted by Gasteiger charge is -2.29. The van der Waals surface area contributed by atoms with Crippen LogP contribution in [0.15, 0.2) is 66.7 Å². The highest BCUT2D eigenvalue weighted by Crippen LogP contribution is 2.48. The van der Waals surface area contributed by atoms with Crippen LogP contribution in [0, 0.1) is 26.7 Å². The van der Waals surface area contributed by atoms with Gasteiger partial charge in [-0.1, -0.05) is 48.0 Å². The van der Waals surface area contributed by atoms with Crippen molar-refractivity contribution >= 4 is 23.2 Å². The Balaban J connectivity index is 1.62. The Morgan fingerprint density at radius 1 is 0.848 bits per heavy atom. The lowest BCUT2D eigenvalue weighted by molar-refractivity contribution is -0.126. The van der Waals surface area contributed by atoms with Gasteiger partial charge >= 0.3 is 0 Å². The quantitative estimate of drug-likeness (QED) is 0.550. The minimum absolute atomic E-state index is 0.244. The Kier molecular flexibility index (Phi) is 5.17. The molecule has 2 amide bonds. The molecule has 0 unspecified atom stereocenters. The van der Waals surface area contributed by atoms with Crippen molar-refractivity contribution in [1.29, 1.82) is 0 Å². The lowest BCUT2D eigenvalue weighted by Crippen LogP contribution is -2.38. The number of carbonyl (C=O) groups is 2. The first-order valence-electron chi connectivity index (χ1n) is 11.0. The predicted octanol–water partition coefficient (Wildman–Crippen LogP) is 4.67. The van der Waals surface area contributed by atoms with Crippen molar-refractivity contribution in [2.45, 2.75) is 32.9 Å². The van der Waals surface area contributed by atoms with Crippen molar-refractivity contribution in [3.05, 3.63) is 89.0 Å². The number of hydrogen-bond donors (Lipinski definition) is 0. The van der Waals surface area contributed by atoms with Crippen LogP contribution in [0.1, 0.15) is 28.3 Å². The van der Waals surface area contributed by atoms with E-state index in [1.807, 2.05) is 87.5 Å². The van der Waals surface area contributed by atoms with E-state index in [-0.39, 0.29) is 11.8 Å². The van der Waals surface area contributed by atoms with E-state index in [1.54, 1.807) is 12.2 Å². The van der Waals surface area contributed by atoms with Crippen molar-refractivity contribution in [1.82, 2.24) is 0 Å². The number of methoxy groups -OCH3 is 1. The van der Waals surface area contributed by atoms with Crippen molar-refractivity contribution in [2.24, 2.45) is 5.92 Å². The molecule has 6 heteroatoms. The van der Waals surface area contributed by atoms with Gasteiger partial charge < -0.3 is 4.74 Å². The van der Waals surface area contributed by atoms with Crippen LogP contribution in [-0.4, -0.2) is 25.0 Å². The average molecular weight is 443 g/mol. The number of para-hydroxylation sites is 1. The Labute approximate surface area is 193 Å². The summed E-state index contributed by atoms with van der Waals surface area (Å²) in [5, 5.41) is 1.70. The summed E-state index contributed by atoms with van der Waals surface area (Å²) in [6.45, 7) is 5.87. The fraction of sp³-hybridized carbons (Fsp3) is 0.259. The maximum Gasteiger partial charge on any atom is 0.266 e. The van der Waals surface area contributed by atoms with Gasteiger partial charge in [0.05, 0.1) is 24.5 Å². The molecule has 3 aromatic carbocycles. The second-order valence-electron chi connectivity index (χ2n) is 8.69. The molecular weight excluding hydrogens is 416 g/mol. The molecule has 3 aromatic rings. The Hall–Kier alpha value is -3.64. The number of hydrogen-bond acceptors (Lipinski definition) is 5. The highest BCUT2D eigenvalue weighted by molar-refractivity contribution is 6.24. The fourth-order valence-corrected chi connectivity index (χ4v) is 5.12. The molecule has 33 heavy (non-hydrogen) atoms. The van der Waals surface area contributed by atoms with Crippen LogP contribution in [-0.2, 0) is 14.4 Å². The Morgan fingerprint density at radius 3 is 2.21 bits per heavy atom. The summed E-state index contributed by atoms with van der Waals surface area (Å²) in [4.78, 5) is 35.0. The second kappa shape index (κ2) is 8.05. The van der Waals surface area contributed by atoms with E-state index in [2.05, 4.69) is 0 Å². The predicted molar refractivity (Wildman–Crippen MR) is 126 cm³/mol. The minimum Gasteiger partial charge on any atom is -0.497 e. The minimum atomic E-state index is -0.894. The number of aryl methyl sites for hydroxylation is 3. The highest BCUT2D eigenvalue weighted by Gasteiger charge is 2.60. The summed E-state index contributed by atoms with van der Waals surface area (Å²) in [6, 6.07) is 20.7. The SMILES string of the molecule is COc1cccc([C@@H]2[C@H]3C(=O)N(c4c(C)cc(C)cc4C)C(=O)[C@H]3ON2c2ccccc2)c1. The third-order valence-corrected chi connectivity index (χ3v) is 6.42. The molecule has 6 nitrogen and oxygen atoms in total. The molecule has 5 rings (SSSR count). The van der Waals surface area contributed by atoms with E-state index < -0.39 is 18.1 Å². The summed E-state index contributed by atoms with van der Waals surface area (Å²) in [5.41, 5.74) is 5.18. The van der Waals surface area contributed by atoms with E-state index in [9.17, 15) is 9.59 Å². The normalized spacial score (nSPS) is 22.1. The Morgan fingerprint density at radius 2 is 1.55 bits per heavy atom. The number of rotatable bonds is 4. The maximum atomic E-state index is 13.9. The first-order valence-corrected chi connectivity index (χ1v) is 11.0. The summed E-state index contributed by atoms with van der Waals surface area (Å²) in [5.74, 6) is -0.564. The van der Waals surface area contributed by atoms with Crippen LogP contribution in [0.3, 0.4) is 0 Å². The van der Waals surface area contributed by atoms with Crippen molar-refractivity contribution in [3.8, 4) is 5.75 Å². The highest BCUT2D eigenvalue weighted by atomic mass is 16.7. The summed E-state index contributed by atoms with van der Waals surface area (Å²) in [7, 11) is 1.61. The molecule has 2 aliphatic rings. The molecule has 0 saturated carbocycles. The van der Waals surface area contributed by atoms with Crippen LogP contribution in [0.25, 0.3) is 0 Å². The molecule has 2 fully saturated rings. The zero-order chi connectivity index (χ0) is 23.3. The number of carbonyl (C=O) groups excluding carboxylic acids is 2. The molecule has 2 aliphatic heterocycles. The van der Waals surface area contributed by atoms with Crippen molar-refractivity contribution in [3.63, 3.8) is 0 Å². The zero-order valence-corrected chi connectivity index (χ0v) is 19.1. The smallest absolute Gasteiger partial charge is 0.266 e. The first-order chi connectivity index (χ1) is 15.9. The number of hydroxylamine groups is 1. The molecule has 0 radical (unpaired) electrons. The lowest BCUT2D eigenvalue weighted by atomic mass is 9.90. The molecule has 2 saturated heterocycles. The number of benzene rings is 3. The van der Waals surface area contributed by atoms with E-state index in [4.69, 9.17) is 9.57 Å². The zero-order valence-electron chi connectivity index (χ0n) is 19.1. The van der Waals surface area contributed by atoms with Gasteiger partial charge in [0.25, 0.3) is 5.91 Å². The van der Waals surface area contributed by atoms with E-state index in [0.29, 0.717) is 11.4 Å². The van der Waals surface area contributed by atoms with Gasteiger partial charge in [-0.3, -0.25) is 14.4 Å². The molecule has 0 aromatic heterocycles. The van der Waals surface area contributed by atoms with Gasteiger partial charge in [-0.25, -0.2) is 9.96 Å². The second-order valence-corrected chi connectivity index (χ2v) is 8.69. The third-order valence-electron chi connectivity index (χ3n) is 6.42. The maximum absolute atomic E-state index is 13.9. The first kappa shape index (κ1) is 21.2. The fourth-order valence-electron chi connectivity index (χ4n) is 5.12. The molecule has 3 atom stereocenters. The topological polar surface area (TPSA) is 59.1 Å². The molecular formula is C27H26N2O4. The van der Waals surface area contributed by atoms with Gasteiger partial charge in [0.15, 0.2) is 6.10 Å². The van der Waals surface area contributed by atoms with Crippen molar-refractivity contribution < 1.29 is 19.2 Å². The van der Waals surface area contributed by atoms with Gasteiger partial charge in [0, 0.05) is 0 Å². The van der Waals surface area contributed by atoms with Crippen LogP contribution in [0.4, 0.5) is 11.4 Å². The largest absolute Gasteiger partial charge is 0.497 e. The molecule has 168 valence electrons. The standard InChI is InChI=1S/C27H26N2O4/c1-16-13-17(2)23(18(3)14-16)28-26(30)22-24(19-9-8-12-21(15-19)32-4)29(33-25(22)27(28)31)20-10-6-5-7-11-20/h5-15,22,24-25H,1-4H3/t22-,24-,25+/m1/s1. The number of imide groups is 1. The number of nitrogens with zero attached hydrogens (tertiary/aromatic N) is 2. The van der Waals surface area contributed by atoms with Crippen LogP contribution >= 0.6 is 0 Å². The van der Waals surface area contributed by atoms with Crippen molar-refractivity contribution in [2.75, 3.05) is 17.1 Å². The van der Waals surface area contributed by atoms with Gasteiger partial charge in [-0.15, -0.1) is 0 Å². The van der Waals surface area contributed by atoms with Crippen LogP contribution in [0.2, 0.25) is 0 Å². The Bertz CT molecular complexity index is 1220. The number of fused-ring (bicyclic) bond motifs is 1. The van der Waals surface area contributed by atoms with E-state index in [1.165, 1.54) is 4.90 Å². The third kappa shape index (κ3) is 3.38. The number of ether oxygens (including phenoxy) is 1. The summed E-state index contributed by atoms with van der Waals surface area (Å²) in [6.07, 6.45) is -0.894. The molecule has 0 aliphatic carbocycles. The molecule has 2 heterocycles. The molecule has 0 bridgehead atoms. The van der Waals surface area contributed by atoms with Crippen LogP contribution < -0.4 is 14.7 Å². The van der Waals surface area contributed by atoms with Gasteiger partial charge in [-0.2, -0.15) is 0 Å². The van der Waals surface area contributed by atoms with Gasteiger partial charge in [0.1, 0.15) is 11.7 Å². The summed E-state index contributed by atoms with van der Waals surface area (Å²) < 4.78 is 5.43. The van der Waals surface area contributed by atoms with E-state index >= 15 is 0 Å². The number of amides is 2. The molecule has 0 spiro atoms.